The van der Waals surface area contributed by atoms with Crippen LogP contribution in [0.15, 0.2) is 11.6 Å². The van der Waals surface area contributed by atoms with E-state index in [9.17, 15) is 24.0 Å². The minimum atomic E-state index is -0.892. The minimum absolute atomic E-state index is 0.0646. The van der Waals surface area contributed by atoms with Crippen molar-refractivity contribution in [3.8, 4) is 0 Å². The summed E-state index contributed by atoms with van der Waals surface area (Å²) in [4.78, 5) is 64.0. The van der Waals surface area contributed by atoms with Gasteiger partial charge in [0.25, 0.3) is 0 Å². The van der Waals surface area contributed by atoms with Crippen LogP contribution in [-0.2, 0) is 33.4 Å². The second-order valence-electron chi connectivity index (χ2n) is 12.5. The van der Waals surface area contributed by atoms with Crippen molar-refractivity contribution in [3.63, 3.8) is 0 Å². The molecule has 0 aliphatic heterocycles. The molecule has 4 aliphatic carbocycles. The van der Waals surface area contributed by atoms with E-state index in [2.05, 4.69) is 13.0 Å². The van der Waals surface area contributed by atoms with Crippen LogP contribution in [0.2, 0.25) is 0 Å². The van der Waals surface area contributed by atoms with E-state index in [0.29, 0.717) is 12.8 Å². The third-order valence-electron chi connectivity index (χ3n) is 10.4. The molecule has 7 heteroatoms. The van der Waals surface area contributed by atoms with E-state index in [4.69, 9.17) is 9.47 Å². The Morgan fingerprint density at radius 1 is 0.914 bits per heavy atom. The van der Waals surface area contributed by atoms with Crippen molar-refractivity contribution in [2.75, 3.05) is 0 Å². The molecule has 0 radical (unpaired) electrons. The van der Waals surface area contributed by atoms with Gasteiger partial charge in [0.15, 0.2) is 11.9 Å². The Morgan fingerprint density at radius 3 is 2.06 bits per heavy atom. The molecule has 0 aromatic rings. The van der Waals surface area contributed by atoms with Crippen LogP contribution in [0.4, 0.5) is 0 Å². The van der Waals surface area contributed by atoms with Gasteiger partial charge in [0.05, 0.1) is 5.92 Å². The van der Waals surface area contributed by atoms with Crippen molar-refractivity contribution in [2.45, 2.75) is 93.3 Å². The lowest BCUT2D eigenvalue weighted by molar-refractivity contribution is -0.176. The fourth-order valence-electron chi connectivity index (χ4n) is 8.68. The topological polar surface area (TPSA) is 104 Å². The summed E-state index contributed by atoms with van der Waals surface area (Å²) in [5, 5.41) is 0. The van der Waals surface area contributed by atoms with Crippen LogP contribution in [0.25, 0.3) is 0 Å². The largest absolute Gasteiger partial charge is 0.462 e. The highest BCUT2D eigenvalue weighted by molar-refractivity contribution is 5.96. The highest BCUT2D eigenvalue weighted by atomic mass is 16.5. The predicted molar refractivity (Wildman–Crippen MR) is 127 cm³/mol. The molecule has 192 valence electrons. The van der Waals surface area contributed by atoms with Crippen molar-refractivity contribution >= 4 is 29.3 Å². The first kappa shape index (κ1) is 25.8. The van der Waals surface area contributed by atoms with Gasteiger partial charge in [-0.05, 0) is 62.7 Å². The fourth-order valence-corrected chi connectivity index (χ4v) is 8.68. The lowest BCUT2D eigenvalue weighted by atomic mass is 9.39. The zero-order valence-electron chi connectivity index (χ0n) is 22.2. The van der Waals surface area contributed by atoms with Gasteiger partial charge in [-0.3, -0.25) is 24.0 Å². The lowest BCUT2D eigenvalue weighted by Gasteiger charge is -2.63. The number of esters is 2. The number of hydrogen-bond acceptors (Lipinski definition) is 7. The zero-order chi connectivity index (χ0) is 26.3. The lowest BCUT2D eigenvalue weighted by Crippen LogP contribution is -2.64. The average Bonchev–Trinajstić information content (AvgIpc) is 2.92. The molecule has 7 nitrogen and oxygen atoms in total. The van der Waals surface area contributed by atoms with E-state index in [-0.39, 0.29) is 42.0 Å². The van der Waals surface area contributed by atoms with Crippen LogP contribution in [0.1, 0.15) is 81.1 Å². The van der Waals surface area contributed by atoms with Crippen molar-refractivity contribution < 1.29 is 33.4 Å². The molecule has 0 heterocycles. The molecule has 0 N–H and O–H groups in total. The number of carbonyl (C=O) groups is 5. The molecule has 3 fully saturated rings. The molecule has 0 aromatic heterocycles. The monoisotopic (exact) mass is 486 g/mol. The van der Waals surface area contributed by atoms with Crippen LogP contribution in [0.3, 0.4) is 0 Å². The number of allylic oxidation sites excluding steroid dienone is 2. The Bertz CT molecular complexity index is 1050. The first-order valence-electron chi connectivity index (χ1n) is 12.6. The smallest absolute Gasteiger partial charge is 0.303 e. The van der Waals surface area contributed by atoms with Crippen molar-refractivity contribution in [1.82, 2.24) is 0 Å². The summed E-state index contributed by atoms with van der Waals surface area (Å²) in [7, 11) is 0. The molecule has 3 saturated carbocycles. The van der Waals surface area contributed by atoms with Gasteiger partial charge in [0.1, 0.15) is 17.7 Å². The summed E-state index contributed by atoms with van der Waals surface area (Å²) in [6, 6.07) is 0. The normalized spacial score (nSPS) is 43.9. The molecule has 0 aromatic carbocycles. The summed E-state index contributed by atoms with van der Waals surface area (Å²) >= 11 is 0. The molecule has 0 amide bonds. The second-order valence-corrected chi connectivity index (χ2v) is 12.5. The first-order valence-corrected chi connectivity index (χ1v) is 12.6. The third-order valence-corrected chi connectivity index (χ3v) is 10.4. The Kier molecular flexibility index (Phi) is 5.78. The van der Waals surface area contributed by atoms with Crippen LogP contribution in [-0.4, -0.2) is 41.5 Å². The highest BCUT2D eigenvalue weighted by Gasteiger charge is 2.73. The number of Topliss-reactive ketones (excluding diaryl/α,β-unsaturated/α-hetero) is 3. The van der Waals surface area contributed by atoms with Crippen molar-refractivity contribution in [2.24, 2.45) is 39.4 Å². The molecular weight excluding hydrogens is 448 g/mol. The quantitative estimate of drug-likeness (QED) is 0.438. The molecule has 8 unspecified atom stereocenters. The molecule has 8 atom stereocenters. The molecule has 0 bridgehead atoms. The van der Waals surface area contributed by atoms with Gasteiger partial charge in [-0.25, -0.2) is 0 Å². The summed E-state index contributed by atoms with van der Waals surface area (Å²) in [6.07, 6.45) is 2.25. The fraction of sp³-hybridized carbons (Fsp3) is 0.750. The van der Waals surface area contributed by atoms with E-state index in [0.717, 1.165) is 5.57 Å². The molecule has 35 heavy (non-hydrogen) atoms. The number of ether oxygens (including phenoxy) is 2. The van der Waals surface area contributed by atoms with Gasteiger partial charge in [-0.1, -0.05) is 32.4 Å². The number of fused-ring (bicyclic) bond motifs is 5. The second kappa shape index (κ2) is 7.84. The summed E-state index contributed by atoms with van der Waals surface area (Å²) in [5.74, 6) is -1.98. The summed E-state index contributed by atoms with van der Waals surface area (Å²) < 4.78 is 11.1. The van der Waals surface area contributed by atoms with Gasteiger partial charge < -0.3 is 9.47 Å². The Labute approximate surface area is 207 Å². The van der Waals surface area contributed by atoms with Crippen LogP contribution < -0.4 is 0 Å². The van der Waals surface area contributed by atoms with Crippen LogP contribution >= 0.6 is 0 Å². The first-order chi connectivity index (χ1) is 16.0. The van der Waals surface area contributed by atoms with E-state index >= 15 is 0 Å². The molecule has 4 rings (SSSR count). The molecule has 4 aliphatic rings. The maximum atomic E-state index is 14.2. The van der Waals surface area contributed by atoms with E-state index in [1.165, 1.54) is 20.8 Å². The van der Waals surface area contributed by atoms with Crippen molar-refractivity contribution in [3.05, 3.63) is 11.6 Å². The van der Waals surface area contributed by atoms with Gasteiger partial charge in [0, 0.05) is 31.1 Å². The van der Waals surface area contributed by atoms with E-state index < -0.39 is 51.7 Å². The predicted octanol–water partition coefficient (Wildman–Crippen LogP) is 4.01. The summed E-state index contributed by atoms with van der Waals surface area (Å²) in [6.45, 7) is 14.0. The number of hydrogen-bond donors (Lipinski definition) is 0. The van der Waals surface area contributed by atoms with Gasteiger partial charge in [0.2, 0.25) is 0 Å². The Hall–Kier alpha value is -2.31. The molecule has 0 saturated heterocycles. The molecule has 0 spiro atoms. The highest BCUT2D eigenvalue weighted by Crippen LogP contribution is 2.73. The number of carbonyl (C=O) groups excluding carboxylic acids is 5. The standard InChI is InChI=1S/C28H38O7/c1-14(29)23-20(35-16(3)31)12-26(6)21-10-9-17-18(28(21,8)22(32)13-27(23,26)7)11-19(34-15(2)30)24(33)25(17,4)5/h9,18-21,23H,10-13H2,1-8H3. The Balaban J connectivity index is 1.85. The summed E-state index contributed by atoms with van der Waals surface area (Å²) in [5.41, 5.74) is -1.79. The maximum Gasteiger partial charge on any atom is 0.303 e. The minimum Gasteiger partial charge on any atom is -0.462 e. The van der Waals surface area contributed by atoms with Gasteiger partial charge in [-0.2, -0.15) is 0 Å². The molecular formula is C28H38O7. The maximum absolute atomic E-state index is 14.2. The number of rotatable bonds is 3. The van der Waals surface area contributed by atoms with Crippen LogP contribution in [0.5, 0.6) is 0 Å². The third kappa shape index (κ3) is 3.32. The average molecular weight is 487 g/mol. The SMILES string of the molecule is CC(=O)OC1CC2C(=CCC3C2(C)C(=O)CC2(C)C(C(C)=O)C(OC(C)=O)CC32C)C(C)(C)C1=O. The van der Waals surface area contributed by atoms with E-state index in [1.54, 1.807) is 0 Å². The van der Waals surface area contributed by atoms with Gasteiger partial charge >= 0.3 is 11.9 Å². The van der Waals surface area contributed by atoms with E-state index in [1.807, 2.05) is 27.7 Å². The van der Waals surface area contributed by atoms with Crippen LogP contribution in [0, 0.1) is 39.4 Å². The van der Waals surface area contributed by atoms with Crippen molar-refractivity contribution in [1.29, 1.82) is 0 Å². The zero-order valence-corrected chi connectivity index (χ0v) is 22.2. The number of ketones is 3. The Morgan fingerprint density at radius 2 is 1.51 bits per heavy atom. The van der Waals surface area contributed by atoms with Gasteiger partial charge in [-0.15, -0.1) is 0 Å².